The standard InChI is InChI=1S/C15H18N4O/c1-2-12(20-7-1)9-16-14-8-13(10-3-4-10)18-15(19-14)17-11-5-6-11/h1-2,7-8,10-11H,3-6,9H2,(H2,16,17,18,19). The third kappa shape index (κ3) is 2.76. The lowest BCUT2D eigenvalue weighted by Crippen LogP contribution is -2.09. The number of hydrogen-bond donors (Lipinski definition) is 2. The van der Waals surface area contributed by atoms with Crippen LogP contribution in [0.5, 0.6) is 0 Å². The fourth-order valence-corrected chi connectivity index (χ4v) is 2.21. The number of aromatic nitrogens is 2. The summed E-state index contributed by atoms with van der Waals surface area (Å²) in [7, 11) is 0. The smallest absolute Gasteiger partial charge is 0.225 e. The third-order valence-corrected chi connectivity index (χ3v) is 3.68. The lowest BCUT2D eigenvalue weighted by Gasteiger charge is -2.10. The van der Waals surface area contributed by atoms with Crippen LogP contribution in [0.2, 0.25) is 0 Å². The maximum Gasteiger partial charge on any atom is 0.225 e. The predicted octanol–water partition coefficient (Wildman–Crippen LogP) is 3.13. The van der Waals surface area contributed by atoms with Gasteiger partial charge >= 0.3 is 0 Å². The zero-order valence-corrected chi connectivity index (χ0v) is 11.3. The molecule has 2 fully saturated rings. The van der Waals surface area contributed by atoms with Gasteiger partial charge < -0.3 is 15.1 Å². The molecular weight excluding hydrogens is 252 g/mol. The Bertz CT molecular complexity index is 588. The highest BCUT2D eigenvalue weighted by Crippen LogP contribution is 2.40. The Labute approximate surface area is 117 Å². The number of nitrogens with one attached hydrogen (secondary N) is 2. The van der Waals surface area contributed by atoms with E-state index < -0.39 is 0 Å². The first-order chi connectivity index (χ1) is 9.87. The Morgan fingerprint density at radius 3 is 2.80 bits per heavy atom. The van der Waals surface area contributed by atoms with E-state index in [-0.39, 0.29) is 0 Å². The molecule has 5 nitrogen and oxygen atoms in total. The van der Waals surface area contributed by atoms with Gasteiger partial charge in [0.25, 0.3) is 0 Å². The Morgan fingerprint density at radius 2 is 2.10 bits per heavy atom. The molecule has 2 saturated carbocycles. The van der Waals surface area contributed by atoms with Crippen molar-refractivity contribution in [3.63, 3.8) is 0 Å². The molecule has 0 bridgehead atoms. The molecule has 5 heteroatoms. The van der Waals surface area contributed by atoms with Gasteiger partial charge in [0.2, 0.25) is 5.95 Å². The fraction of sp³-hybridized carbons (Fsp3) is 0.467. The molecule has 0 unspecified atom stereocenters. The highest BCUT2D eigenvalue weighted by Gasteiger charge is 2.27. The summed E-state index contributed by atoms with van der Waals surface area (Å²) in [5, 5.41) is 6.71. The molecule has 0 atom stereocenters. The number of rotatable bonds is 6. The van der Waals surface area contributed by atoms with Gasteiger partial charge in [-0.05, 0) is 37.8 Å². The largest absolute Gasteiger partial charge is 0.467 e. The molecule has 2 N–H and O–H groups in total. The Morgan fingerprint density at radius 1 is 1.20 bits per heavy atom. The van der Waals surface area contributed by atoms with Gasteiger partial charge in [0.15, 0.2) is 0 Å². The van der Waals surface area contributed by atoms with Crippen LogP contribution in [0.3, 0.4) is 0 Å². The molecule has 0 saturated heterocycles. The zero-order chi connectivity index (χ0) is 13.4. The van der Waals surface area contributed by atoms with Crippen molar-refractivity contribution in [2.45, 2.75) is 44.2 Å². The van der Waals surface area contributed by atoms with Crippen molar-refractivity contribution in [1.29, 1.82) is 0 Å². The van der Waals surface area contributed by atoms with Gasteiger partial charge in [-0.15, -0.1) is 0 Å². The summed E-state index contributed by atoms with van der Waals surface area (Å²) in [4.78, 5) is 9.18. The monoisotopic (exact) mass is 270 g/mol. The van der Waals surface area contributed by atoms with Crippen molar-refractivity contribution in [3.8, 4) is 0 Å². The summed E-state index contributed by atoms with van der Waals surface area (Å²) in [6.07, 6.45) is 6.64. The molecule has 2 heterocycles. The zero-order valence-electron chi connectivity index (χ0n) is 11.3. The Hall–Kier alpha value is -2.04. The van der Waals surface area contributed by atoms with E-state index in [4.69, 9.17) is 4.42 Å². The van der Waals surface area contributed by atoms with Crippen LogP contribution < -0.4 is 10.6 Å². The third-order valence-electron chi connectivity index (χ3n) is 3.68. The maximum atomic E-state index is 5.33. The summed E-state index contributed by atoms with van der Waals surface area (Å²) < 4.78 is 5.33. The first-order valence-corrected chi connectivity index (χ1v) is 7.28. The van der Waals surface area contributed by atoms with Crippen LogP contribution in [0.25, 0.3) is 0 Å². The highest BCUT2D eigenvalue weighted by atomic mass is 16.3. The lowest BCUT2D eigenvalue weighted by atomic mass is 10.3. The van der Waals surface area contributed by atoms with Gasteiger partial charge in [-0.3, -0.25) is 0 Å². The molecule has 104 valence electrons. The van der Waals surface area contributed by atoms with Crippen LogP contribution in [0.1, 0.15) is 43.1 Å². The van der Waals surface area contributed by atoms with Crippen LogP contribution >= 0.6 is 0 Å². The first kappa shape index (κ1) is 11.8. The van der Waals surface area contributed by atoms with Crippen LogP contribution in [0, 0.1) is 0 Å². The summed E-state index contributed by atoms with van der Waals surface area (Å²) in [5.74, 6) is 3.18. The highest BCUT2D eigenvalue weighted by molar-refractivity contribution is 5.45. The van der Waals surface area contributed by atoms with Crippen molar-refractivity contribution in [2.75, 3.05) is 10.6 Å². The Kier molecular flexibility index (Phi) is 2.83. The number of hydrogen-bond acceptors (Lipinski definition) is 5. The van der Waals surface area contributed by atoms with Crippen LogP contribution in [0.15, 0.2) is 28.9 Å². The van der Waals surface area contributed by atoms with Gasteiger partial charge in [-0.1, -0.05) is 0 Å². The summed E-state index contributed by atoms with van der Waals surface area (Å²) in [6.45, 7) is 0.650. The topological polar surface area (TPSA) is 63.0 Å². The first-order valence-electron chi connectivity index (χ1n) is 7.28. The fourth-order valence-electron chi connectivity index (χ4n) is 2.21. The molecule has 0 aliphatic heterocycles. The number of furan rings is 1. The van der Waals surface area contributed by atoms with Gasteiger partial charge in [0.1, 0.15) is 11.6 Å². The number of anilines is 2. The SMILES string of the molecule is c1coc(CNc2cc(C3CC3)nc(NC3CC3)n2)c1. The van der Waals surface area contributed by atoms with E-state index in [1.165, 1.54) is 25.7 Å². The minimum Gasteiger partial charge on any atom is -0.467 e. The molecule has 20 heavy (non-hydrogen) atoms. The normalized spacial score (nSPS) is 18.0. The van der Waals surface area contributed by atoms with E-state index in [9.17, 15) is 0 Å². The van der Waals surface area contributed by atoms with E-state index in [0.717, 1.165) is 23.2 Å². The molecule has 2 aliphatic rings. The second-order valence-corrected chi connectivity index (χ2v) is 5.63. The second-order valence-electron chi connectivity index (χ2n) is 5.63. The summed E-state index contributed by atoms with van der Waals surface area (Å²) >= 11 is 0. The van der Waals surface area contributed by atoms with Gasteiger partial charge in [-0.25, -0.2) is 4.98 Å². The van der Waals surface area contributed by atoms with Gasteiger partial charge in [-0.2, -0.15) is 4.98 Å². The average Bonchev–Trinajstić information content (AvgIpc) is 3.37. The number of nitrogens with zero attached hydrogens (tertiary/aromatic N) is 2. The molecule has 0 amide bonds. The van der Waals surface area contributed by atoms with Gasteiger partial charge in [0.05, 0.1) is 18.5 Å². The maximum absolute atomic E-state index is 5.33. The van der Waals surface area contributed by atoms with E-state index in [2.05, 4.69) is 26.7 Å². The van der Waals surface area contributed by atoms with Crippen LogP contribution in [-0.4, -0.2) is 16.0 Å². The van der Waals surface area contributed by atoms with Crippen LogP contribution in [0.4, 0.5) is 11.8 Å². The van der Waals surface area contributed by atoms with Crippen molar-refractivity contribution < 1.29 is 4.42 Å². The van der Waals surface area contributed by atoms with E-state index in [0.29, 0.717) is 18.5 Å². The van der Waals surface area contributed by atoms with Crippen molar-refractivity contribution in [3.05, 3.63) is 35.9 Å². The molecular formula is C15H18N4O. The van der Waals surface area contributed by atoms with Crippen molar-refractivity contribution in [2.24, 2.45) is 0 Å². The molecule has 4 rings (SSSR count). The minimum atomic E-state index is 0.572. The van der Waals surface area contributed by atoms with Crippen LogP contribution in [-0.2, 0) is 6.54 Å². The van der Waals surface area contributed by atoms with Crippen molar-refractivity contribution in [1.82, 2.24) is 9.97 Å². The van der Waals surface area contributed by atoms with E-state index >= 15 is 0 Å². The van der Waals surface area contributed by atoms with E-state index in [1.54, 1.807) is 6.26 Å². The predicted molar refractivity (Wildman–Crippen MR) is 76.7 cm³/mol. The Balaban J connectivity index is 1.51. The summed E-state index contributed by atoms with van der Waals surface area (Å²) in [6, 6.07) is 6.49. The quantitative estimate of drug-likeness (QED) is 0.844. The molecule has 2 aliphatic carbocycles. The second kappa shape index (κ2) is 4.81. The molecule has 0 aromatic carbocycles. The molecule has 2 aromatic rings. The van der Waals surface area contributed by atoms with E-state index in [1.807, 2.05) is 12.1 Å². The molecule has 0 spiro atoms. The molecule has 2 aromatic heterocycles. The molecule has 0 radical (unpaired) electrons. The average molecular weight is 270 g/mol. The lowest BCUT2D eigenvalue weighted by molar-refractivity contribution is 0.518. The van der Waals surface area contributed by atoms with Crippen molar-refractivity contribution >= 4 is 11.8 Å². The minimum absolute atomic E-state index is 0.572. The summed E-state index contributed by atoms with van der Waals surface area (Å²) in [5.41, 5.74) is 1.16. The van der Waals surface area contributed by atoms with Gasteiger partial charge in [0, 0.05) is 18.0 Å².